The molecule has 0 radical (unpaired) electrons. The first-order chi connectivity index (χ1) is 16.4. The smallest absolute Gasteiger partial charge is 0.416 e. The molecule has 0 bridgehead atoms. The number of hydrogen-bond acceptors (Lipinski definition) is 5. The molecule has 13 heteroatoms. The van der Waals surface area contributed by atoms with Gasteiger partial charge in [-0.15, -0.1) is 0 Å². The topological polar surface area (TPSA) is 77.7 Å². The van der Waals surface area contributed by atoms with Gasteiger partial charge in [0.1, 0.15) is 12.0 Å². The van der Waals surface area contributed by atoms with Crippen molar-refractivity contribution in [3.63, 3.8) is 0 Å². The Hall–Kier alpha value is -2.35. The number of halogens is 6. The lowest BCUT2D eigenvalue weighted by Gasteiger charge is -2.29. The van der Waals surface area contributed by atoms with Crippen LogP contribution in [0.2, 0.25) is 0 Å². The quantitative estimate of drug-likeness (QED) is 0.202. The van der Waals surface area contributed by atoms with Gasteiger partial charge in [0.2, 0.25) is 0 Å². The zero-order valence-corrected chi connectivity index (χ0v) is 19.4. The van der Waals surface area contributed by atoms with E-state index < -0.39 is 58.6 Å². The fourth-order valence-electron chi connectivity index (χ4n) is 3.52. The van der Waals surface area contributed by atoms with Gasteiger partial charge in [-0.05, 0) is 52.8 Å². The van der Waals surface area contributed by atoms with E-state index in [1.807, 2.05) is 0 Å². The van der Waals surface area contributed by atoms with E-state index in [1.165, 1.54) is 29.6 Å². The maximum atomic E-state index is 13.4. The van der Waals surface area contributed by atoms with Gasteiger partial charge in [-0.3, -0.25) is 4.79 Å². The van der Waals surface area contributed by atoms with Crippen molar-refractivity contribution in [1.82, 2.24) is 14.9 Å². The van der Waals surface area contributed by atoms with E-state index in [1.54, 1.807) is 12.1 Å². The van der Waals surface area contributed by atoms with Crippen LogP contribution >= 0.6 is 10.7 Å². The summed E-state index contributed by atoms with van der Waals surface area (Å²) in [6.45, 7) is 1.22. The lowest BCUT2D eigenvalue weighted by Crippen LogP contribution is -2.42. The van der Waals surface area contributed by atoms with Crippen molar-refractivity contribution in [1.29, 1.82) is 0 Å². The van der Waals surface area contributed by atoms with Gasteiger partial charge in [0.05, 0.1) is 17.7 Å². The number of benzene rings is 1. The second kappa shape index (κ2) is 11.1. The van der Waals surface area contributed by atoms with Crippen LogP contribution in [0, 0.1) is 5.92 Å². The Balaban J connectivity index is 1.68. The Morgan fingerprint density at radius 2 is 1.97 bits per heavy atom. The van der Waals surface area contributed by atoms with Gasteiger partial charge in [-0.2, -0.15) is 26.3 Å². The second-order valence-electron chi connectivity index (χ2n) is 7.98. The molecule has 1 aliphatic heterocycles. The molecule has 0 saturated carbocycles. The number of amides is 1. The van der Waals surface area contributed by atoms with Crippen LogP contribution < -0.4 is 10.6 Å². The van der Waals surface area contributed by atoms with Crippen LogP contribution in [0.4, 0.5) is 31.1 Å². The van der Waals surface area contributed by atoms with Crippen molar-refractivity contribution < 1.29 is 40.7 Å². The highest BCUT2D eigenvalue weighted by Gasteiger charge is 2.46. The molecular formula is C22H25F6N3O3S. The zero-order valence-electron chi connectivity index (χ0n) is 18.6. The Bertz CT molecular complexity index is 1030. The molecule has 0 saturated heterocycles. The molecule has 0 fully saturated rings. The Kier molecular flexibility index (Phi) is 8.67. The minimum Gasteiger partial charge on any atom is -0.469 e. The van der Waals surface area contributed by atoms with E-state index in [4.69, 9.17) is 4.42 Å². The van der Waals surface area contributed by atoms with Gasteiger partial charge in [-0.1, -0.05) is 12.1 Å². The summed E-state index contributed by atoms with van der Waals surface area (Å²) in [5.41, 5.74) is -0.806. The third-order valence-electron chi connectivity index (χ3n) is 5.41. The van der Waals surface area contributed by atoms with E-state index in [2.05, 4.69) is 10.6 Å². The average molecular weight is 526 g/mol. The third-order valence-corrected chi connectivity index (χ3v) is 7.47. The minimum atomic E-state index is -4.63. The summed E-state index contributed by atoms with van der Waals surface area (Å²) in [5, 5.41) is 15.3. The number of carbonyl (C=O) groups excluding carboxylic acids is 1. The summed E-state index contributed by atoms with van der Waals surface area (Å²) in [6.07, 6.45) is -8.57. The fourth-order valence-corrected chi connectivity index (χ4v) is 5.61. The molecule has 194 valence electrons. The number of hydrogen-bond donors (Lipinski definition) is 3. The van der Waals surface area contributed by atoms with Gasteiger partial charge in [0.15, 0.2) is 0 Å². The summed E-state index contributed by atoms with van der Waals surface area (Å²) in [5.74, 6) is -1.22. The average Bonchev–Trinajstić information content (AvgIpc) is 3.45. The number of aliphatic hydroxyl groups excluding tert-OH is 1. The zero-order chi connectivity index (χ0) is 25.8. The van der Waals surface area contributed by atoms with Crippen molar-refractivity contribution in [2.75, 3.05) is 19.6 Å². The maximum Gasteiger partial charge on any atom is 0.416 e. The number of carbonyl (C=O) groups is 1. The second-order valence-corrected chi connectivity index (χ2v) is 9.72. The predicted molar refractivity (Wildman–Crippen MR) is 120 cm³/mol. The van der Waals surface area contributed by atoms with Crippen LogP contribution in [0.3, 0.4) is 0 Å². The van der Waals surface area contributed by atoms with Crippen LogP contribution in [-0.4, -0.2) is 52.1 Å². The van der Waals surface area contributed by atoms with Gasteiger partial charge < -0.3 is 20.2 Å². The van der Waals surface area contributed by atoms with E-state index >= 15 is 0 Å². The maximum absolute atomic E-state index is 13.4. The highest BCUT2D eigenvalue weighted by Crippen LogP contribution is 2.43. The molecule has 1 aliphatic rings. The first-order valence-electron chi connectivity index (χ1n) is 10.7. The van der Waals surface area contributed by atoms with Crippen LogP contribution in [0.5, 0.6) is 0 Å². The first kappa shape index (κ1) is 27.2. The molecular weight excluding hydrogens is 500 g/mol. The molecule has 0 aliphatic carbocycles. The van der Waals surface area contributed by atoms with E-state index in [0.29, 0.717) is 13.0 Å². The number of rotatable bonds is 8. The Labute approximate surface area is 200 Å². The standard InChI is InChI=1S/C22H25F6N3O3S/c1-14(15-4-2-5-16(10-15)21(23,24)25)31-12-17(22(26,27)28)13-35(31)20(33)30-19(32)11-29-8-7-18-6-3-9-34-18/h2-6,9-10,13-14,17,19,29,32H,7-8,11-12H2,1H3,(H,30,33). The molecule has 0 spiro atoms. The highest BCUT2D eigenvalue weighted by atomic mass is 32.2. The van der Waals surface area contributed by atoms with E-state index in [0.717, 1.165) is 23.3 Å². The van der Waals surface area contributed by atoms with Crippen molar-refractivity contribution in [2.45, 2.75) is 38.0 Å². The van der Waals surface area contributed by atoms with Crippen LogP contribution in [0.1, 0.15) is 29.9 Å². The molecule has 2 heterocycles. The summed E-state index contributed by atoms with van der Waals surface area (Å²) >= 11 is 0. The van der Waals surface area contributed by atoms with Gasteiger partial charge in [0.25, 0.3) is 5.24 Å². The molecule has 1 aromatic heterocycles. The highest BCUT2D eigenvalue weighted by molar-refractivity contribution is 8.26. The van der Waals surface area contributed by atoms with Crippen LogP contribution in [0.25, 0.3) is 0 Å². The minimum absolute atomic E-state index is 0.0600. The summed E-state index contributed by atoms with van der Waals surface area (Å²) in [4.78, 5) is 12.8. The SMILES string of the molecule is CC(c1cccc(C(F)(F)F)c1)N1CC(C(F)(F)F)C=S1C(=O)NC(O)CNCCc1ccco1. The number of nitrogens with zero attached hydrogens (tertiary/aromatic N) is 1. The number of nitrogens with one attached hydrogen (secondary N) is 2. The molecule has 4 atom stereocenters. The normalized spacial score (nSPS) is 20.9. The Morgan fingerprint density at radius 1 is 1.23 bits per heavy atom. The van der Waals surface area contributed by atoms with Crippen molar-refractivity contribution in [3.05, 3.63) is 59.5 Å². The summed E-state index contributed by atoms with van der Waals surface area (Å²) in [6, 6.07) is 6.86. The van der Waals surface area contributed by atoms with Crippen molar-refractivity contribution in [2.24, 2.45) is 5.92 Å². The molecule has 6 nitrogen and oxygen atoms in total. The van der Waals surface area contributed by atoms with Gasteiger partial charge >= 0.3 is 12.4 Å². The molecule has 35 heavy (non-hydrogen) atoms. The van der Waals surface area contributed by atoms with Gasteiger partial charge in [-0.25, -0.2) is 4.31 Å². The summed E-state index contributed by atoms with van der Waals surface area (Å²) < 4.78 is 86.0. The number of aliphatic hydroxyl groups is 1. The van der Waals surface area contributed by atoms with Crippen LogP contribution in [0.15, 0.2) is 47.1 Å². The molecule has 2 aromatic rings. The summed E-state index contributed by atoms with van der Waals surface area (Å²) in [7, 11) is -1.74. The van der Waals surface area contributed by atoms with Gasteiger partial charge in [0, 0.05) is 32.1 Å². The van der Waals surface area contributed by atoms with E-state index in [-0.39, 0.29) is 12.1 Å². The Morgan fingerprint density at radius 3 is 2.60 bits per heavy atom. The molecule has 1 aromatic carbocycles. The fraction of sp³-hybridized carbons (Fsp3) is 0.455. The molecule has 3 N–H and O–H groups in total. The lowest BCUT2D eigenvalue weighted by atomic mass is 10.0. The predicted octanol–water partition coefficient (Wildman–Crippen LogP) is 4.70. The number of furan rings is 1. The number of alkyl halides is 6. The molecule has 1 amide bonds. The monoisotopic (exact) mass is 525 g/mol. The molecule has 3 rings (SSSR count). The molecule has 4 unspecified atom stereocenters. The largest absolute Gasteiger partial charge is 0.469 e. The van der Waals surface area contributed by atoms with Crippen LogP contribution in [-0.2, 0) is 12.6 Å². The third kappa shape index (κ3) is 7.32. The van der Waals surface area contributed by atoms with Crippen molar-refractivity contribution >= 4 is 21.3 Å². The first-order valence-corrected chi connectivity index (χ1v) is 11.9. The van der Waals surface area contributed by atoms with Crippen molar-refractivity contribution in [3.8, 4) is 0 Å². The van der Waals surface area contributed by atoms with E-state index in [9.17, 15) is 36.2 Å². The lowest BCUT2D eigenvalue weighted by molar-refractivity contribution is -0.154.